The van der Waals surface area contributed by atoms with Gasteiger partial charge in [-0.05, 0) is 23.3 Å². The van der Waals surface area contributed by atoms with Crippen molar-refractivity contribution in [3.63, 3.8) is 0 Å². The van der Waals surface area contributed by atoms with E-state index in [0.717, 1.165) is 62.8 Å². The summed E-state index contributed by atoms with van der Waals surface area (Å²) in [5, 5.41) is 10.4. The number of benzene rings is 2. The van der Waals surface area contributed by atoms with Crippen LogP contribution in [0.1, 0.15) is 16.7 Å². The average Bonchev–Trinajstić information content (AvgIpc) is 3.23. The molecule has 1 fully saturated rings. The number of rotatable bonds is 9. The van der Waals surface area contributed by atoms with E-state index in [1.165, 1.54) is 11.1 Å². The molecule has 0 radical (unpaired) electrons. The molecule has 0 spiro atoms. The Morgan fingerprint density at radius 3 is 2.70 bits per heavy atom. The van der Waals surface area contributed by atoms with Gasteiger partial charge in [-0.1, -0.05) is 30.3 Å². The Labute approximate surface area is 179 Å². The Morgan fingerprint density at radius 1 is 1.07 bits per heavy atom. The van der Waals surface area contributed by atoms with Crippen LogP contribution in [0.2, 0.25) is 0 Å². The van der Waals surface area contributed by atoms with Crippen LogP contribution in [0.3, 0.4) is 0 Å². The highest BCUT2D eigenvalue weighted by atomic mass is 16.5. The molecular formula is C24H32N2O4. The van der Waals surface area contributed by atoms with E-state index >= 15 is 0 Å². The van der Waals surface area contributed by atoms with Crippen molar-refractivity contribution in [3.05, 3.63) is 59.2 Å². The molecule has 0 amide bonds. The summed E-state index contributed by atoms with van der Waals surface area (Å²) in [6.45, 7) is 7.18. The fourth-order valence-electron chi connectivity index (χ4n) is 4.20. The SMILES string of the molecule is COc1ccccc1COCC(O)CN1CCN(Cc2ccc3c(c2)CCO3)CC1. The number of piperazine rings is 1. The molecule has 2 aromatic rings. The van der Waals surface area contributed by atoms with Crippen LogP contribution in [-0.2, 0) is 24.3 Å². The molecule has 0 aliphatic carbocycles. The molecule has 2 aliphatic rings. The minimum Gasteiger partial charge on any atom is -0.496 e. The lowest BCUT2D eigenvalue weighted by Gasteiger charge is -2.35. The molecule has 1 unspecified atom stereocenters. The van der Waals surface area contributed by atoms with Crippen molar-refractivity contribution in [2.45, 2.75) is 25.7 Å². The molecule has 2 heterocycles. The van der Waals surface area contributed by atoms with Crippen molar-refractivity contribution in [1.82, 2.24) is 9.80 Å². The van der Waals surface area contributed by atoms with Crippen LogP contribution < -0.4 is 9.47 Å². The Balaban J connectivity index is 1.15. The third kappa shape index (κ3) is 5.52. The largest absolute Gasteiger partial charge is 0.496 e. The molecule has 6 heteroatoms. The summed E-state index contributed by atoms with van der Waals surface area (Å²) in [7, 11) is 1.66. The van der Waals surface area contributed by atoms with Crippen molar-refractivity contribution in [3.8, 4) is 11.5 Å². The van der Waals surface area contributed by atoms with Crippen molar-refractivity contribution in [2.24, 2.45) is 0 Å². The van der Waals surface area contributed by atoms with Gasteiger partial charge in [-0.2, -0.15) is 0 Å². The smallest absolute Gasteiger partial charge is 0.124 e. The van der Waals surface area contributed by atoms with Crippen molar-refractivity contribution in [1.29, 1.82) is 0 Å². The van der Waals surface area contributed by atoms with E-state index in [9.17, 15) is 5.11 Å². The van der Waals surface area contributed by atoms with Gasteiger partial charge in [0.25, 0.3) is 0 Å². The number of aliphatic hydroxyl groups excluding tert-OH is 1. The van der Waals surface area contributed by atoms with Gasteiger partial charge in [0, 0.05) is 51.3 Å². The summed E-state index contributed by atoms with van der Waals surface area (Å²) < 4.78 is 16.7. The molecule has 0 saturated carbocycles. The predicted molar refractivity (Wildman–Crippen MR) is 116 cm³/mol. The second-order valence-corrected chi connectivity index (χ2v) is 8.10. The number of fused-ring (bicyclic) bond motifs is 1. The van der Waals surface area contributed by atoms with Crippen LogP contribution >= 0.6 is 0 Å². The maximum atomic E-state index is 10.4. The monoisotopic (exact) mass is 412 g/mol. The molecule has 1 N–H and O–H groups in total. The predicted octanol–water partition coefficient (Wildman–Crippen LogP) is 2.33. The third-order valence-corrected chi connectivity index (χ3v) is 5.85. The minimum absolute atomic E-state index is 0.329. The molecule has 0 bridgehead atoms. The van der Waals surface area contributed by atoms with Crippen LogP contribution in [0.4, 0.5) is 0 Å². The van der Waals surface area contributed by atoms with Crippen LogP contribution in [0.25, 0.3) is 0 Å². The number of hydrogen-bond acceptors (Lipinski definition) is 6. The first-order valence-electron chi connectivity index (χ1n) is 10.8. The number of methoxy groups -OCH3 is 1. The number of aliphatic hydroxyl groups is 1. The molecule has 6 nitrogen and oxygen atoms in total. The zero-order valence-electron chi connectivity index (χ0n) is 17.8. The van der Waals surface area contributed by atoms with E-state index in [-0.39, 0.29) is 0 Å². The summed E-state index contributed by atoms with van der Waals surface area (Å²) in [6.07, 6.45) is 0.538. The van der Waals surface area contributed by atoms with Crippen molar-refractivity contribution in [2.75, 3.05) is 53.0 Å². The fraction of sp³-hybridized carbons (Fsp3) is 0.500. The van der Waals surface area contributed by atoms with Gasteiger partial charge in [0.15, 0.2) is 0 Å². The summed E-state index contributed by atoms with van der Waals surface area (Å²) in [6, 6.07) is 14.4. The Kier molecular flexibility index (Phi) is 7.23. The summed E-state index contributed by atoms with van der Waals surface area (Å²) in [4.78, 5) is 4.81. The molecule has 2 aliphatic heterocycles. The summed E-state index contributed by atoms with van der Waals surface area (Å²) in [5.41, 5.74) is 3.69. The molecule has 1 saturated heterocycles. The molecule has 30 heavy (non-hydrogen) atoms. The average molecular weight is 413 g/mol. The number of ether oxygens (including phenoxy) is 3. The van der Waals surface area contributed by atoms with Gasteiger partial charge < -0.3 is 19.3 Å². The Hall–Kier alpha value is -2.12. The van der Waals surface area contributed by atoms with E-state index in [4.69, 9.17) is 14.2 Å². The maximum absolute atomic E-state index is 10.4. The van der Waals surface area contributed by atoms with Gasteiger partial charge in [0.05, 0.1) is 33.0 Å². The van der Waals surface area contributed by atoms with E-state index < -0.39 is 6.10 Å². The van der Waals surface area contributed by atoms with E-state index in [1.807, 2.05) is 24.3 Å². The lowest BCUT2D eigenvalue weighted by molar-refractivity contribution is 0.000484. The van der Waals surface area contributed by atoms with Gasteiger partial charge in [0.2, 0.25) is 0 Å². The molecule has 1 atom stereocenters. The van der Waals surface area contributed by atoms with Gasteiger partial charge in [-0.15, -0.1) is 0 Å². The number of β-amino-alcohol motifs (C(OH)–C–C–N with tert-alkyl or cyclic N) is 1. The van der Waals surface area contributed by atoms with Crippen LogP contribution in [0.5, 0.6) is 11.5 Å². The normalized spacial score (nSPS) is 18.1. The van der Waals surface area contributed by atoms with Gasteiger partial charge in [0.1, 0.15) is 11.5 Å². The van der Waals surface area contributed by atoms with E-state index in [1.54, 1.807) is 7.11 Å². The first-order valence-corrected chi connectivity index (χ1v) is 10.8. The van der Waals surface area contributed by atoms with Gasteiger partial charge in [-0.3, -0.25) is 9.80 Å². The van der Waals surface area contributed by atoms with Gasteiger partial charge in [-0.25, -0.2) is 0 Å². The Bertz CT molecular complexity index is 821. The lowest BCUT2D eigenvalue weighted by atomic mass is 10.1. The standard InChI is InChI=1S/C24H32N2O4/c1-28-23-5-3-2-4-21(23)17-29-18-22(27)16-26-11-9-25(10-12-26)15-19-6-7-24-20(14-19)8-13-30-24/h2-7,14,22,27H,8-13,15-18H2,1H3. The van der Waals surface area contributed by atoms with Crippen LogP contribution in [0.15, 0.2) is 42.5 Å². The second kappa shape index (κ2) is 10.3. The third-order valence-electron chi connectivity index (χ3n) is 5.85. The highest BCUT2D eigenvalue weighted by molar-refractivity contribution is 5.39. The topological polar surface area (TPSA) is 54.4 Å². The van der Waals surface area contributed by atoms with Crippen LogP contribution in [-0.4, -0.2) is 74.1 Å². The molecular weight excluding hydrogens is 380 g/mol. The lowest BCUT2D eigenvalue weighted by Crippen LogP contribution is -2.48. The number of para-hydroxylation sites is 1. The summed E-state index contributed by atoms with van der Waals surface area (Å²) >= 11 is 0. The molecule has 2 aromatic carbocycles. The highest BCUT2D eigenvalue weighted by Gasteiger charge is 2.20. The molecule has 4 rings (SSSR count). The second-order valence-electron chi connectivity index (χ2n) is 8.10. The zero-order chi connectivity index (χ0) is 20.8. The molecule has 162 valence electrons. The minimum atomic E-state index is -0.483. The number of hydrogen-bond donors (Lipinski definition) is 1. The van der Waals surface area contributed by atoms with E-state index in [0.29, 0.717) is 19.8 Å². The first kappa shape index (κ1) is 21.1. The molecule has 0 aromatic heterocycles. The number of nitrogens with zero attached hydrogens (tertiary/aromatic N) is 2. The zero-order valence-corrected chi connectivity index (χ0v) is 17.8. The van der Waals surface area contributed by atoms with Gasteiger partial charge >= 0.3 is 0 Å². The quantitative estimate of drug-likeness (QED) is 0.682. The first-order chi connectivity index (χ1) is 14.7. The van der Waals surface area contributed by atoms with Crippen LogP contribution in [0, 0.1) is 0 Å². The maximum Gasteiger partial charge on any atom is 0.124 e. The van der Waals surface area contributed by atoms with Crippen molar-refractivity contribution < 1.29 is 19.3 Å². The fourth-order valence-corrected chi connectivity index (χ4v) is 4.20. The van der Waals surface area contributed by atoms with Crippen molar-refractivity contribution >= 4 is 0 Å². The highest BCUT2D eigenvalue weighted by Crippen LogP contribution is 2.26. The summed E-state index contributed by atoms with van der Waals surface area (Å²) in [5.74, 6) is 1.87. The van der Waals surface area contributed by atoms with E-state index in [2.05, 4.69) is 28.0 Å². The Morgan fingerprint density at radius 2 is 1.87 bits per heavy atom.